The van der Waals surface area contributed by atoms with E-state index in [1.807, 2.05) is 17.9 Å². The lowest BCUT2D eigenvalue weighted by molar-refractivity contribution is -0.135. The van der Waals surface area contributed by atoms with Gasteiger partial charge in [-0.1, -0.05) is 0 Å². The van der Waals surface area contributed by atoms with Gasteiger partial charge in [0.25, 0.3) is 0 Å². The number of nitriles is 1. The zero-order chi connectivity index (χ0) is 12.0. The summed E-state index contributed by atoms with van der Waals surface area (Å²) in [6.07, 6.45) is 1.15. The Labute approximate surface area is 96.4 Å². The van der Waals surface area contributed by atoms with Crippen LogP contribution in [0, 0.1) is 11.3 Å². The molecule has 1 saturated heterocycles. The Balaban J connectivity index is 2.68. The molecule has 0 spiro atoms. The third-order valence-corrected chi connectivity index (χ3v) is 2.90. The minimum absolute atomic E-state index is 0.0172. The van der Waals surface area contributed by atoms with Crippen molar-refractivity contribution >= 4 is 5.91 Å². The van der Waals surface area contributed by atoms with Gasteiger partial charge in [-0.2, -0.15) is 5.26 Å². The molecular formula is C11H19N3O2. The Kier molecular flexibility index (Phi) is 5.23. The van der Waals surface area contributed by atoms with Crippen LogP contribution in [-0.2, 0) is 9.53 Å². The number of hydrogen-bond acceptors (Lipinski definition) is 4. The van der Waals surface area contributed by atoms with Gasteiger partial charge in [0, 0.05) is 19.7 Å². The molecular weight excluding hydrogens is 206 g/mol. The highest BCUT2D eigenvalue weighted by molar-refractivity contribution is 5.82. The molecule has 1 N–H and O–H groups in total. The number of methoxy groups -OCH3 is 1. The third kappa shape index (κ3) is 3.19. The minimum Gasteiger partial charge on any atom is -0.383 e. The van der Waals surface area contributed by atoms with Crippen molar-refractivity contribution in [3.63, 3.8) is 0 Å². The summed E-state index contributed by atoms with van der Waals surface area (Å²) in [6, 6.07) is 1.90. The molecule has 1 fully saturated rings. The second-order valence-electron chi connectivity index (χ2n) is 4.03. The second-order valence-corrected chi connectivity index (χ2v) is 4.03. The van der Waals surface area contributed by atoms with Crippen LogP contribution in [0.3, 0.4) is 0 Å². The van der Waals surface area contributed by atoms with E-state index in [9.17, 15) is 4.79 Å². The fourth-order valence-corrected chi connectivity index (χ4v) is 1.90. The predicted molar refractivity (Wildman–Crippen MR) is 59.7 cm³/mol. The molecule has 1 rings (SSSR count). The Morgan fingerprint density at radius 2 is 2.44 bits per heavy atom. The molecule has 1 amide bonds. The van der Waals surface area contributed by atoms with Gasteiger partial charge in [-0.15, -0.1) is 0 Å². The van der Waals surface area contributed by atoms with Crippen molar-refractivity contribution in [1.82, 2.24) is 10.2 Å². The van der Waals surface area contributed by atoms with Crippen molar-refractivity contribution in [2.45, 2.75) is 31.8 Å². The Morgan fingerprint density at radius 1 is 1.69 bits per heavy atom. The molecule has 16 heavy (non-hydrogen) atoms. The lowest BCUT2D eigenvalue weighted by atomic mass is 10.2. The summed E-state index contributed by atoms with van der Waals surface area (Å²) >= 11 is 0. The number of nitrogens with one attached hydrogen (secondary N) is 1. The summed E-state index contributed by atoms with van der Waals surface area (Å²) in [4.78, 5) is 13.9. The largest absolute Gasteiger partial charge is 0.383 e. The molecule has 5 nitrogen and oxygen atoms in total. The highest BCUT2D eigenvalue weighted by atomic mass is 16.5. The summed E-state index contributed by atoms with van der Waals surface area (Å²) in [5, 5.41) is 11.8. The number of amides is 1. The minimum atomic E-state index is -0.355. The van der Waals surface area contributed by atoms with Crippen molar-refractivity contribution < 1.29 is 9.53 Å². The van der Waals surface area contributed by atoms with Gasteiger partial charge < -0.3 is 15.0 Å². The van der Waals surface area contributed by atoms with E-state index >= 15 is 0 Å². The monoisotopic (exact) mass is 225 g/mol. The van der Waals surface area contributed by atoms with Gasteiger partial charge in [0.15, 0.2) is 0 Å². The van der Waals surface area contributed by atoms with Crippen molar-refractivity contribution in [2.24, 2.45) is 0 Å². The van der Waals surface area contributed by atoms with Crippen LogP contribution in [0.2, 0.25) is 0 Å². The Bertz CT molecular complexity index is 275. The number of carbonyl (C=O) groups is 1. The number of carbonyl (C=O) groups excluding carboxylic acids is 1. The quantitative estimate of drug-likeness (QED) is 0.738. The van der Waals surface area contributed by atoms with Gasteiger partial charge in [-0.25, -0.2) is 0 Å². The molecule has 2 unspecified atom stereocenters. The number of hydrogen-bond donors (Lipinski definition) is 1. The van der Waals surface area contributed by atoms with Crippen LogP contribution in [0.25, 0.3) is 0 Å². The Hall–Kier alpha value is -1.12. The molecule has 1 aliphatic rings. The standard InChI is InChI=1S/C11H19N3O2/c1-9-4-6-13-10(3-5-12)11(15)14(9)7-8-16-2/h9-10,13H,3-4,6-8H2,1-2H3. The van der Waals surface area contributed by atoms with Crippen molar-refractivity contribution in [3.05, 3.63) is 0 Å². The predicted octanol–water partition coefficient (Wildman–Crippen LogP) is 0.125. The summed E-state index contributed by atoms with van der Waals surface area (Å²) in [6.45, 7) is 3.95. The van der Waals surface area contributed by atoms with E-state index in [1.54, 1.807) is 7.11 Å². The van der Waals surface area contributed by atoms with Gasteiger partial charge in [0.2, 0.25) is 5.91 Å². The average Bonchev–Trinajstić information content (AvgIpc) is 2.39. The lowest BCUT2D eigenvalue weighted by Crippen LogP contribution is -2.46. The molecule has 0 aromatic rings. The fraction of sp³-hybridized carbons (Fsp3) is 0.818. The zero-order valence-corrected chi connectivity index (χ0v) is 9.90. The summed E-state index contributed by atoms with van der Waals surface area (Å²) in [5.74, 6) is 0.0172. The molecule has 0 aromatic heterocycles. The smallest absolute Gasteiger partial charge is 0.241 e. The molecule has 0 bridgehead atoms. The van der Waals surface area contributed by atoms with E-state index in [2.05, 4.69) is 5.32 Å². The molecule has 1 heterocycles. The first-order valence-corrected chi connectivity index (χ1v) is 5.60. The van der Waals surface area contributed by atoms with E-state index in [4.69, 9.17) is 10.00 Å². The summed E-state index contributed by atoms with van der Waals surface area (Å²) < 4.78 is 5.00. The lowest BCUT2D eigenvalue weighted by Gasteiger charge is -2.28. The first-order valence-electron chi connectivity index (χ1n) is 5.60. The van der Waals surface area contributed by atoms with E-state index < -0.39 is 0 Å². The molecule has 0 aliphatic carbocycles. The number of nitrogens with zero attached hydrogens (tertiary/aromatic N) is 2. The maximum Gasteiger partial charge on any atom is 0.241 e. The van der Waals surface area contributed by atoms with Crippen LogP contribution < -0.4 is 5.32 Å². The normalized spacial score (nSPS) is 26.3. The SMILES string of the molecule is COCCN1C(=O)C(CC#N)NCCC1C. The number of ether oxygens (including phenoxy) is 1. The average molecular weight is 225 g/mol. The maximum absolute atomic E-state index is 12.1. The van der Waals surface area contributed by atoms with Crippen LogP contribution >= 0.6 is 0 Å². The molecule has 5 heteroatoms. The number of rotatable bonds is 4. The summed E-state index contributed by atoms with van der Waals surface area (Å²) in [5.41, 5.74) is 0. The van der Waals surface area contributed by atoms with Gasteiger partial charge in [0.05, 0.1) is 25.1 Å². The van der Waals surface area contributed by atoms with Crippen molar-refractivity contribution in [1.29, 1.82) is 5.26 Å². The van der Waals surface area contributed by atoms with Crippen LogP contribution in [0.1, 0.15) is 19.8 Å². The highest BCUT2D eigenvalue weighted by Crippen LogP contribution is 2.11. The van der Waals surface area contributed by atoms with Crippen LogP contribution in [-0.4, -0.2) is 49.7 Å². The van der Waals surface area contributed by atoms with Crippen LogP contribution in [0.5, 0.6) is 0 Å². The summed E-state index contributed by atoms with van der Waals surface area (Å²) in [7, 11) is 1.62. The van der Waals surface area contributed by atoms with Gasteiger partial charge in [0.1, 0.15) is 0 Å². The van der Waals surface area contributed by atoms with Crippen molar-refractivity contribution in [3.8, 4) is 6.07 Å². The second kappa shape index (κ2) is 6.46. The molecule has 0 radical (unpaired) electrons. The molecule has 0 aromatic carbocycles. The molecule has 1 aliphatic heterocycles. The first-order chi connectivity index (χ1) is 7.70. The van der Waals surface area contributed by atoms with E-state index in [1.165, 1.54) is 0 Å². The van der Waals surface area contributed by atoms with E-state index in [-0.39, 0.29) is 24.4 Å². The van der Waals surface area contributed by atoms with Gasteiger partial charge in [-0.3, -0.25) is 4.79 Å². The maximum atomic E-state index is 12.1. The van der Waals surface area contributed by atoms with Crippen molar-refractivity contribution in [2.75, 3.05) is 26.8 Å². The molecule has 0 saturated carbocycles. The molecule has 2 atom stereocenters. The van der Waals surface area contributed by atoms with Gasteiger partial charge >= 0.3 is 0 Å². The Morgan fingerprint density at radius 3 is 3.06 bits per heavy atom. The zero-order valence-electron chi connectivity index (χ0n) is 9.90. The fourth-order valence-electron chi connectivity index (χ4n) is 1.90. The first kappa shape index (κ1) is 12.9. The van der Waals surface area contributed by atoms with Gasteiger partial charge in [-0.05, 0) is 19.9 Å². The highest BCUT2D eigenvalue weighted by Gasteiger charge is 2.29. The van der Waals surface area contributed by atoms with Crippen LogP contribution in [0.15, 0.2) is 0 Å². The van der Waals surface area contributed by atoms with Crippen LogP contribution in [0.4, 0.5) is 0 Å². The van der Waals surface area contributed by atoms with E-state index in [0.29, 0.717) is 13.2 Å². The third-order valence-electron chi connectivity index (χ3n) is 2.90. The molecule has 90 valence electrons. The van der Waals surface area contributed by atoms with E-state index in [0.717, 1.165) is 13.0 Å². The topological polar surface area (TPSA) is 65.4 Å².